The summed E-state index contributed by atoms with van der Waals surface area (Å²) in [5.41, 5.74) is 2.25. The Balaban J connectivity index is 2.90. The average molecular weight is 250 g/mol. The molecule has 0 aromatic heterocycles. The molecule has 18 heavy (non-hydrogen) atoms. The molecule has 1 aromatic rings. The van der Waals surface area contributed by atoms with Gasteiger partial charge >= 0.3 is 0 Å². The molecule has 0 saturated heterocycles. The number of carbonyl (C=O) groups is 2. The third-order valence-electron chi connectivity index (χ3n) is 2.47. The van der Waals surface area contributed by atoms with Crippen LogP contribution in [-0.2, 0) is 22.7 Å². The van der Waals surface area contributed by atoms with Crippen molar-refractivity contribution in [3.63, 3.8) is 0 Å². The van der Waals surface area contributed by atoms with Gasteiger partial charge in [-0.1, -0.05) is 17.7 Å². The number of phenols is 1. The van der Waals surface area contributed by atoms with Crippen molar-refractivity contribution >= 4 is 11.8 Å². The lowest BCUT2D eigenvalue weighted by Crippen LogP contribution is -2.21. The summed E-state index contributed by atoms with van der Waals surface area (Å²) in [4.78, 5) is 21.7. The second kappa shape index (κ2) is 6.05. The van der Waals surface area contributed by atoms with Crippen molar-refractivity contribution in [1.82, 2.24) is 10.6 Å². The highest BCUT2D eigenvalue weighted by Gasteiger charge is 2.09. The van der Waals surface area contributed by atoms with Crippen molar-refractivity contribution in [3.8, 4) is 5.75 Å². The first-order valence-corrected chi connectivity index (χ1v) is 5.70. The zero-order valence-corrected chi connectivity index (χ0v) is 10.8. The molecule has 0 saturated carbocycles. The smallest absolute Gasteiger partial charge is 0.217 e. The Labute approximate surface area is 106 Å². The van der Waals surface area contributed by atoms with Gasteiger partial charge in [-0.25, -0.2) is 0 Å². The van der Waals surface area contributed by atoms with Crippen LogP contribution in [0.3, 0.4) is 0 Å². The number of nitrogens with one attached hydrogen (secondary N) is 2. The molecular weight excluding hydrogens is 232 g/mol. The lowest BCUT2D eigenvalue weighted by Gasteiger charge is -2.12. The minimum absolute atomic E-state index is 0.114. The first-order valence-electron chi connectivity index (χ1n) is 5.70. The topological polar surface area (TPSA) is 78.4 Å². The Morgan fingerprint density at radius 3 is 1.78 bits per heavy atom. The summed E-state index contributed by atoms with van der Waals surface area (Å²) < 4.78 is 0. The molecule has 2 amide bonds. The van der Waals surface area contributed by atoms with Gasteiger partial charge in [0, 0.05) is 38.1 Å². The zero-order valence-electron chi connectivity index (χ0n) is 10.8. The number of hydrogen-bond acceptors (Lipinski definition) is 3. The fourth-order valence-corrected chi connectivity index (χ4v) is 1.64. The van der Waals surface area contributed by atoms with Gasteiger partial charge < -0.3 is 15.7 Å². The van der Waals surface area contributed by atoms with Crippen molar-refractivity contribution in [3.05, 3.63) is 28.8 Å². The fourth-order valence-electron chi connectivity index (χ4n) is 1.64. The van der Waals surface area contributed by atoms with Crippen LogP contribution in [0.2, 0.25) is 0 Å². The SMILES string of the molecule is CC(=O)NCc1cc(C)cc(CNC(C)=O)c1O. The maximum atomic E-state index is 10.9. The molecular formula is C13H18N2O3. The van der Waals surface area contributed by atoms with E-state index in [1.54, 1.807) is 0 Å². The van der Waals surface area contributed by atoms with Crippen LogP contribution in [0.4, 0.5) is 0 Å². The van der Waals surface area contributed by atoms with E-state index in [-0.39, 0.29) is 30.7 Å². The van der Waals surface area contributed by atoms with Crippen LogP contribution in [0.15, 0.2) is 12.1 Å². The highest BCUT2D eigenvalue weighted by molar-refractivity contribution is 5.73. The molecule has 0 fully saturated rings. The summed E-state index contributed by atoms with van der Waals surface area (Å²) >= 11 is 0. The molecule has 1 aromatic carbocycles. The minimum atomic E-state index is -0.153. The molecule has 0 aliphatic rings. The average Bonchev–Trinajstić information content (AvgIpc) is 2.27. The van der Waals surface area contributed by atoms with Gasteiger partial charge in [-0.3, -0.25) is 9.59 Å². The van der Waals surface area contributed by atoms with Gasteiger partial charge in [-0.2, -0.15) is 0 Å². The van der Waals surface area contributed by atoms with Gasteiger partial charge in [0.05, 0.1) is 0 Å². The Morgan fingerprint density at radius 2 is 1.44 bits per heavy atom. The summed E-state index contributed by atoms with van der Waals surface area (Å²) in [5.74, 6) is -0.193. The molecule has 0 spiro atoms. The molecule has 1 rings (SSSR count). The quantitative estimate of drug-likeness (QED) is 0.745. The van der Waals surface area contributed by atoms with Gasteiger partial charge in [0.2, 0.25) is 11.8 Å². The Hall–Kier alpha value is -2.04. The Bertz CT molecular complexity index is 430. The maximum Gasteiger partial charge on any atom is 0.217 e. The van der Waals surface area contributed by atoms with Crippen LogP contribution < -0.4 is 10.6 Å². The van der Waals surface area contributed by atoms with Gasteiger partial charge in [-0.05, 0) is 6.92 Å². The molecule has 0 aliphatic carbocycles. The molecule has 0 aliphatic heterocycles. The third kappa shape index (κ3) is 4.08. The maximum absolute atomic E-state index is 10.9. The molecule has 0 bridgehead atoms. The molecule has 0 radical (unpaired) electrons. The van der Waals surface area contributed by atoms with E-state index >= 15 is 0 Å². The summed E-state index contributed by atoms with van der Waals surface area (Å²) in [6.07, 6.45) is 0. The van der Waals surface area contributed by atoms with Gasteiger partial charge in [0.15, 0.2) is 0 Å². The number of hydrogen-bond donors (Lipinski definition) is 3. The van der Waals surface area contributed by atoms with Crippen molar-refractivity contribution < 1.29 is 14.7 Å². The molecule has 98 valence electrons. The first kappa shape index (κ1) is 14.0. The zero-order chi connectivity index (χ0) is 13.7. The first-order chi connectivity index (χ1) is 8.40. The second-order valence-electron chi connectivity index (χ2n) is 4.25. The number of aryl methyl sites for hydroxylation is 1. The highest BCUT2D eigenvalue weighted by Crippen LogP contribution is 2.24. The number of carbonyl (C=O) groups excluding carboxylic acids is 2. The second-order valence-corrected chi connectivity index (χ2v) is 4.25. The van der Waals surface area contributed by atoms with E-state index < -0.39 is 0 Å². The molecule has 3 N–H and O–H groups in total. The summed E-state index contributed by atoms with van der Waals surface area (Å²) in [7, 11) is 0. The lowest BCUT2D eigenvalue weighted by molar-refractivity contribution is -0.119. The lowest BCUT2D eigenvalue weighted by atomic mass is 10.0. The van der Waals surface area contributed by atoms with Crippen LogP contribution >= 0.6 is 0 Å². The standard InChI is InChI=1S/C13H18N2O3/c1-8-4-11(6-14-9(2)16)13(18)12(5-8)7-15-10(3)17/h4-5,18H,6-7H2,1-3H3,(H,14,16)(H,15,17). The van der Waals surface area contributed by atoms with Crippen LogP contribution in [0.1, 0.15) is 30.5 Å². The number of aromatic hydroxyl groups is 1. The van der Waals surface area contributed by atoms with E-state index in [0.717, 1.165) is 5.56 Å². The molecule has 5 nitrogen and oxygen atoms in total. The van der Waals surface area contributed by atoms with E-state index in [1.165, 1.54) is 13.8 Å². The largest absolute Gasteiger partial charge is 0.507 e. The third-order valence-corrected chi connectivity index (χ3v) is 2.47. The predicted molar refractivity (Wildman–Crippen MR) is 67.9 cm³/mol. The summed E-state index contributed by atoms with van der Waals surface area (Å²) in [5, 5.41) is 15.3. The van der Waals surface area contributed by atoms with Gasteiger partial charge in [-0.15, -0.1) is 0 Å². The molecule has 0 atom stereocenters. The normalized spacial score (nSPS) is 9.94. The van der Waals surface area contributed by atoms with Crippen LogP contribution in [0.5, 0.6) is 5.75 Å². The highest BCUT2D eigenvalue weighted by atomic mass is 16.3. The van der Waals surface area contributed by atoms with E-state index in [2.05, 4.69) is 10.6 Å². The van der Waals surface area contributed by atoms with Crippen LogP contribution in [0.25, 0.3) is 0 Å². The fraction of sp³-hybridized carbons (Fsp3) is 0.385. The van der Waals surface area contributed by atoms with Crippen molar-refractivity contribution in [2.45, 2.75) is 33.9 Å². The molecule has 5 heteroatoms. The van der Waals surface area contributed by atoms with E-state index in [1.807, 2.05) is 19.1 Å². The molecule has 0 unspecified atom stereocenters. The summed E-state index contributed by atoms with van der Waals surface area (Å²) in [6, 6.07) is 3.62. The van der Waals surface area contributed by atoms with Crippen molar-refractivity contribution in [2.24, 2.45) is 0 Å². The van der Waals surface area contributed by atoms with Crippen molar-refractivity contribution in [2.75, 3.05) is 0 Å². The van der Waals surface area contributed by atoms with Crippen LogP contribution in [-0.4, -0.2) is 16.9 Å². The Kier molecular flexibility index (Phi) is 4.71. The van der Waals surface area contributed by atoms with E-state index in [0.29, 0.717) is 11.1 Å². The number of amides is 2. The number of phenolic OH excluding ortho intramolecular Hbond substituents is 1. The van der Waals surface area contributed by atoms with E-state index in [9.17, 15) is 14.7 Å². The van der Waals surface area contributed by atoms with Crippen molar-refractivity contribution in [1.29, 1.82) is 0 Å². The monoisotopic (exact) mass is 250 g/mol. The number of benzene rings is 1. The predicted octanol–water partition coefficient (Wildman–Crippen LogP) is 0.973. The van der Waals surface area contributed by atoms with Crippen LogP contribution in [0, 0.1) is 6.92 Å². The van der Waals surface area contributed by atoms with E-state index in [4.69, 9.17) is 0 Å². The van der Waals surface area contributed by atoms with Gasteiger partial charge in [0.25, 0.3) is 0 Å². The van der Waals surface area contributed by atoms with Gasteiger partial charge in [0.1, 0.15) is 5.75 Å². The Morgan fingerprint density at radius 1 is 1.06 bits per heavy atom. The number of rotatable bonds is 4. The summed E-state index contributed by atoms with van der Waals surface area (Å²) in [6.45, 7) is 5.29. The minimum Gasteiger partial charge on any atom is -0.507 e. The molecule has 0 heterocycles.